The maximum absolute atomic E-state index is 11.5. The third-order valence-corrected chi connectivity index (χ3v) is 2.35. The molecule has 0 aromatic rings. The highest BCUT2D eigenvalue weighted by Gasteiger charge is 2.20. The number of rotatable bonds is 3. The predicted molar refractivity (Wildman–Crippen MR) is 60.2 cm³/mol. The lowest BCUT2D eigenvalue weighted by Crippen LogP contribution is -2.07. The van der Waals surface area contributed by atoms with Crippen molar-refractivity contribution >= 4 is 5.97 Å². The Hall–Kier alpha value is -1.23. The molecule has 0 saturated heterocycles. The summed E-state index contributed by atoms with van der Waals surface area (Å²) in [6.45, 7) is 4.37. The van der Waals surface area contributed by atoms with Gasteiger partial charge in [0.1, 0.15) is 0 Å². The third-order valence-electron chi connectivity index (χ3n) is 2.35. The highest BCUT2D eigenvalue weighted by atomic mass is 16.5. The Kier molecular flexibility index (Phi) is 4.97. The lowest BCUT2D eigenvalue weighted by atomic mass is 10.1. The first-order valence-electron chi connectivity index (χ1n) is 5.67. The van der Waals surface area contributed by atoms with Gasteiger partial charge in [-0.15, -0.1) is 0 Å². The van der Waals surface area contributed by atoms with Crippen LogP contribution >= 0.6 is 0 Å². The number of hydrogen-bond donors (Lipinski definition) is 0. The van der Waals surface area contributed by atoms with E-state index in [1.807, 2.05) is 6.92 Å². The zero-order chi connectivity index (χ0) is 11.1. The lowest BCUT2D eigenvalue weighted by molar-refractivity contribution is -0.138. The van der Waals surface area contributed by atoms with Crippen LogP contribution in [0.5, 0.6) is 0 Å². The highest BCUT2D eigenvalue weighted by Crippen LogP contribution is 2.26. The molecule has 0 heterocycles. The topological polar surface area (TPSA) is 26.3 Å². The van der Waals surface area contributed by atoms with Crippen LogP contribution < -0.4 is 0 Å². The maximum Gasteiger partial charge on any atom is 0.334 e. The number of carbonyl (C=O) groups excluding carboxylic acids is 1. The van der Waals surface area contributed by atoms with Gasteiger partial charge in [-0.05, 0) is 32.6 Å². The Labute approximate surface area is 91.7 Å². The SMILES string of the molecule is CCCC#CC1=C(C(=O)OCC)CCC1. The van der Waals surface area contributed by atoms with E-state index >= 15 is 0 Å². The molecule has 0 unspecified atom stereocenters. The van der Waals surface area contributed by atoms with Gasteiger partial charge in [0.2, 0.25) is 0 Å². The molecule has 0 aromatic carbocycles. The monoisotopic (exact) mass is 206 g/mol. The Morgan fingerprint density at radius 3 is 2.87 bits per heavy atom. The van der Waals surface area contributed by atoms with Crippen molar-refractivity contribution in [3.63, 3.8) is 0 Å². The number of unbranched alkanes of at least 4 members (excludes halogenated alkanes) is 1. The van der Waals surface area contributed by atoms with Gasteiger partial charge in [-0.3, -0.25) is 0 Å². The quantitative estimate of drug-likeness (QED) is 0.524. The van der Waals surface area contributed by atoms with E-state index in [9.17, 15) is 4.79 Å². The predicted octanol–water partition coefficient (Wildman–Crippen LogP) is 2.83. The van der Waals surface area contributed by atoms with Crippen molar-refractivity contribution in [2.75, 3.05) is 6.61 Å². The van der Waals surface area contributed by atoms with E-state index in [1.54, 1.807) is 0 Å². The molecule has 0 saturated carbocycles. The van der Waals surface area contributed by atoms with Crippen LogP contribution in [0.2, 0.25) is 0 Å². The number of hydrogen-bond acceptors (Lipinski definition) is 2. The second-order valence-electron chi connectivity index (χ2n) is 3.58. The van der Waals surface area contributed by atoms with E-state index < -0.39 is 0 Å². The molecule has 0 fully saturated rings. The van der Waals surface area contributed by atoms with Crippen LogP contribution in [0.3, 0.4) is 0 Å². The van der Waals surface area contributed by atoms with Crippen LogP contribution in [0.1, 0.15) is 46.0 Å². The first-order valence-corrected chi connectivity index (χ1v) is 5.67. The largest absolute Gasteiger partial charge is 0.463 e. The van der Waals surface area contributed by atoms with Crippen LogP contribution in [0, 0.1) is 11.8 Å². The van der Waals surface area contributed by atoms with Crippen LogP contribution in [-0.4, -0.2) is 12.6 Å². The fourth-order valence-corrected chi connectivity index (χ4v) is 1.62. The Bertz CT molecular complexity index is 315. The summed E-state index contributed by atoms with van der Waals surface area (Å²) in [5.41, 5.74) is 1.81. The third kappa shape index (κ3) is 3.43. The molecular formula is C13H18O2. The number of esters is 1. The molecule has 1 aliphatic carbocycles. The minimum atomic E-state index is -0.171. The molecule has 0 spiro atoms. The molecule has 1 rings (SSSR count). The molecule has 82 valence electrons. The number of ether oxygens (including phenoxy) is 1. The average molecular weight is 206 g/mol. The van der Waals surface area contributed by atoms with Crippen LogP contribution in [0.4, 0.5) is 0 Å². The van der Waals surface area contributed by atoms with Crippen LogP contribution in [0.25, 0.3) is 0 Å². The van der Waals surface area contributed by atoms with E-state index in [2.05, 4.69) is 18.8 Å². The molecule has 2 heteroatoms. The molecular weight excluding hydrogens is 188 g/mol. The molecule has 2 nitrogen and oxygen atoms in total. The fraction of sp³-hybridized carbons (Fsp3) is 0.615. The molecule has 1 aliphatic rings. The van der Waals surface area contributed by atoms with Crippen molar-refractivity contribution in [2.45, 2.75) is 46.0 Å². The molecule has 0 N–H and O–H groups in total. The molecule has 0 radical (unpaired) electrons. The Balaban J connectivity index is 2.70. The molecule has 0 aliphatic heterocycles. The van der Waals surface area contributed by atoms with Gasteiger partial charge in [-0.1, -0.05) is 18.8 Å². The standard InChI is InChI=1S/C13H18O2/c1-3-5-6-8-11-9-7-10-12(11)13(14)15-4-2/h3-5,7,9-10H2,1-2H3. The fourth-order valence-electron chi connectivity index (χ4n) is 1.62. The van der Waals surface area contributed by atoms with Crippen LogP contribution in [0.15, 0.2) is 11.1 Å². The lowest BCUT2D eigenvalue weighted by Gasteiger charge is -2.02. The van der Waals surface area contributed by atoms with Crippen molar-refractivity contribution in [1.29, 1.82) is 0 Å². The molecule has 0 bridgehead atoms. The molecule has 0 atom stereocenters. The average Bonchev–Trinajstić information content (AvgIpc) is 2.67. The summed E-state index contributed by atoms with van der Waals surface area (Å²) in [6.07, 6.45) is 4.76. The molecule has 0 amide bonds. The Morgan fingerprint density at radius 2 is 2.20 bits per heavy atom. The summed E-state index contributed by atoms with van der Waals surface area (Å²) in [5.74, 6) is 6.02. The minimum Gasteiger partial charge on any atom is -0.463 e. The first kappa shape index (κ1) is 11.8. The number of carbonyl (C=O) groups is 1. The van der Waals surface area contributed by atoms with E-state index in [-0.39, 0.29) is 5.97 Å². The summed E-state index contributed by atoms with van der Waals surface area (Å²) in [5, 5.41) is 0. The van der Waals surface area contributed by atoms with Gasteiger partial charge in [0.05, 0.1) is 6.61 Å². The molecule has 0 aromatic heterocycles. The van der Waals surface area contributed by atoms with Gasteiger partial charge < -0.3 is 4.74 Å². The zero-order valence-electron chi connectivity index (χ0n) is 9.56. The minimum absolute atomic E-state index is 0.171. The van der Waals surface area contributed by atoms with E-state index in [0.29, 0.717) is 6.61 Å². The second kappa shape index (κ2) is 6.29. The van der Waals surface area contributed by atoms with Gasteiger partial charge in [-0.2, -0.15) is 0 Å². The second-order valence-corrected chi connectivity index (χ2v) is 3.58. The van der Waals surface area contributed by atoms with Gasteiger partial charge >= 0.3 is 5.97 Å². The van der Waals surface area contributed by atoms with E-state index in [1.165, 1.54) is 0 Å². The summed E-state index contributed by atoms with van der Waals surface area (Å²) in [7, 11) is 0. The van der Waals surface area contributed by atoms with Crippen molar-refractivity contribution in [3.05, 3.63) is 11.1 Å². The van der Waals surface area contributed by atoms with Crippen LogP contribution in [-0.2, 0) is 9.53 Å². The van der Waals surface area contributed by atoms with Gasteiger partial charge in [-0.25, -0.2) is 4.79 Å². The smallest absolute Gasteiger partial charge is 0.334 e. The van der Waals surface area contributed by atoms with Crippen molar-refractivity contribution in [3.8, 4) is 11.8 Å². The van der Waals surface area contributed by atoms with E-state index in [4.69, 9.17) is 4.74 Å². The molecule has 15 heavy (non-hydrogen) atoms. The zero-order valence-corrected chi connectivity index (χ0v) is 9.56. The summed E-state index contributed by atoms with van der Waals surface area (Å²) in [4.78, 5) is 11.5. The van der Waals surface area contributed by atoms with Crippen molar-refractivity contribution < 1.29 is 9.53 Å². The Morgan fingerprint density at radius 1 is 1.40 bits per heavy atom. The van der Waals surface area contributed by atoms with Crippen molar-refractivity contribution in [1.82, 2.24) is 0 Å². The van der Waals surface area contributed by atoms with Gasteiger partial charge in [0, 0.05) is 17.6 Å². The van der Waals surface area contributed by atoms with E-state index in [0.717, 1.165) is 43.3 Å². The van der Waals surface area contributed by atoms with Gasteiger partial charge in [0.25, 0.3) is 0 Å². The first-order chi connectivity index (χ1) is 7.29. The highest BCUT2D eigenvalue weighted by molar-refractivity contribution is 5.91. The maximum atomic E-state index is 11.5. The van der Waals surface area contributed by atoms with Crippen molar-refractivity contribution in [2.24, 2.45) is 0 Å². The summed E-state index contributed by atoms with van der Waals surface area (Å²) < 4.78 is 5.00. The summed E-state index contributed by atoms with van der Waals surface area (Å²) >= 11 is 0. The number of allylic oxidation sites excluding steroid dienone is 1. The normalized spacial score (nSPS) is 14.8. The summed E-state index contributed by atoms with van der Waals surface area (Å²) in [6, 6.07) is 0. The van der Waals surface area contributed by atoms with Gasteiger partial charge in [0.15, 0.2) is 0 Å².